The molecule has 0 bridgehead atoms. The summed E-state index contributed by atoms with van der Waals surface area (Å²) in [4.78, 5) is 24.1. The van der Waals surface area contributed by atoms with Gasteiger partial charge in [0, 0.05) is 31.5 Å². The van der Waals surface area contributed by atoms with Crippen LogP contribution in [-0.4, -0.2) is 38.7 Å². The number of benzene rings is 2. The number of anilines is 1. The van der Waals surface area contributed by atoms with Crippen LogP contribution in [0.5, 0.6) is 5.75 Å². The Morgan fingerprint density at radius 2 is 1.62 bits per heavy atom. The molecule has 0 aliphatic rings. The van der Waals surface area contributed by atoms with Gasteiger partial charge < -0.3 is 20.1 Å². The first-order valence-electron chi connectivity index (χ1n) is 9.70. The van der Waals surface area contributed by atoms with Crippen LogP contribution in [0.3, 0.4) is 0 Å². The molecule has 0 aromatic heterocycles. The van der Waals surface area contributed by atoms with Gasteiger partial charge in [0.2, 0.25) is 0 Å². The van der Waals surface area contributed by atoms with Gasteiger partial charge in [0.25, 0.3) is 11.8 Å². The second kappa shape index (κ2) is 10.6. The van der Waals surface area contributed by atoms with Crippen molar-refractivity contribution < 1.29 is 19.1 Å². The topological polar surface area (TPSA) is 76.7 Å². The molecule has 0 spiro atoms. The van der Waals surface area contributed by atoms with E-state index >= 15 is 0 Å². The van der Waals surface area contributed by atoms with Crippen molar-refractivity contribution in [1.82, 2.24) is 5.32 Å². The molecule has 0 saturated carbocycles. The van der Waals surface area contributed by atoms with Gasteiger partial charge in [0.1, 0.15) is 5.75 Å². The Morgan fingerprint density at radius 1 is 0.966 bits per heavy atom. The van der Waals surface area contributed by atoms with E-state index in [-0.39, 0.29) is 23.8 Å². The summed E-state index contributed by atoms with van der Waals surface area (Å²) in [6.07, 6.45) is 0.759. The van der Waals surface area contributed by atoms with Crippen molar-refractivity contribution >= 4 is 17.5 Å². The average molecular weight is 399 g/mol. The predicted octanol–water partition coefficient (Wildman–Crippen LogP) is 3.77. The fraction of sp³-hybridized carbons (Fsp3) is 0.391. The molecule has 0 saturated heterocycles. The van der Waals surface area contributed by atoms with E-state index in [1.165, 1.54) is 5.56 Å². The van der Waals surface area contributed by atoms with E-state index in [0.717, 1.165) is 6.42 Å². The van der Waals surface area contributed by atoms with Gasteiger partial charge in [0.05, 0.1) is 0 Å². The Labute approximate surface area is 172 Å². The Morgan fingerprint density at radius 3 is 2.21 bits per heavy atom. The molecule has 2 rings (SSSR count). The van der Waals surface area contributed by atoms with Gasteiger partial charge in [-0.25, -0.2) is 0 Å². The molecule has 2 aromatic carbocycles. The smallest absolute Gasteiger partial charge is 0.262 e. The van der Waals surface area contributed by atoms with E-state index in [1.807, 2.05) is 24.3 Å². The number of methoxy groups -OCH3 is 1. The third-order valence-corrected chi connectivity index (χ3v) is 4.33. The summed E-state index contributed by atoms with van der Waals surface area (Å²) in [7, 11) is 1.63. The molecule has 0 fully saturated rings. The summed E-state index contributed by atoms with van der Waals surface area (Å²) in [6, 6.07) is 14.5. The fourth-order valence-electron chi connectivity index (χ4n) is 2.62. The van der Waals surface area contributed by atoms with Crippen molar-refractivity contribution in [2.45, 2.75) is 32.6 Å². The first kappa shape index (κ1) is 22.4. The summed E-state index contributed by atoms with van der Waals surface area (Å²) < 4.78 is 10.5. The molecule has 29 heavy (non-hydrogen) atoms. The highest BCUT2D eigenvalue weighted by Gasteiger charge is 2.13. The number of rotatable bonds is 9. The van der Waals surface area contributed by atoms with Crippen LogP contribution >= 0.6 is 0 Å². The zero-order chi connectivity index (χ0) is 21.3. The predicted molar refractivity (Wildman–Crippen MR) is 115 cm³/mol. The maximum Gasteiger partial charge on any atom is 0.262 e. The number of carbonyl (C=O) groups is 2. The minimum Gasteiger partial charge on any atom is -0.484 e. The quantitative estimate of drug-likeness (QED) is 0.631. The summed E-state index contributed by atoms with van der Waals surface area (Å²) in [5.74, 6) is 0.233. The highest BCUT2D eigenvalue weighted by Crippen LogP contribution is 2.24. The second-order valence-electron chi connectivity index (χ2n) is 7.79. The number of hydrogen-bond donors (Lipinski definition) is 2. The minimum atomic E-state index is -0.262. The van der Waals surface area contributed by atoms with Crippen LogP contribution in [0.25, 0.3) is 0 Å². The monoisotopic (exact) mass is 398 g/mol. The zero-order valence-corrected chi connectivity index (χ0v) is 17.6. The van der Waals surface area contributed by atoms with Crippen LogP contribution in [0.1, 0.15) is 43.1 Å². The third-order valence-electron chi connectivity index (χ3n) is 4.33. The van der Waals surface area contributed by atoms with Crippen molar-refractivity contribution in [3.05, 3.63) is 59.7 Å². The van der Waals surface area contributed by atoms with Crippen molar-refractivity contribution in [1.29, 1.82) is 0 Å². The molecule has 0 aliphatic carbocycles. The van der Waals surface area contributed by atoms with Gasteiger partial charge >= 0.3 is 0 Å². The average Bonchev–Trinajstić information content (AvgIpc) is 2.70. The van der Waals surface area contributed by atoms with Crippen LogP contribution < -0.4 is 15.4 Å². The van der Waals surface area contributed by atoms with E-state index in [9.17, 15) is 9.59 Å². The second-order valence-corrected chi connectivity index (χ2v) is 7.79. The van der Waals surface area contributed by atoms with Crippen LogP contribution in [0, 0.1) is 0 Å². The first-order valence-corrected chi connectivity index (χ1v) is 9.70. The molecule has 0 unspecified atom stereocenters. The summed E-state index contributed by atoms with van der Waals surface area (Å²) in [6.45, 7) is 7.51. The third kappa shape index (κ3) is 7.58. The van der Waals surface area contributed by atoms with Crippen molar-refractivity contribution in [2.24, 2.45) is 0 Å². The number of amides is 2. The van der Waals surface area contributed by atoms with Crippen LogP contribution in [0.15, 0.2) is 48.5 Å². The lowest BCUT2D eigenvalue weighted by atomic mass is 9.87. The van der Waals surface area contributed by atoms with Gasteiger partial charge in [0.15, 0.2) is 6.61 Å². The van der Waals surface area contributed by atoms with Crippen LogP contribution in [0.2, 0.25) is 0 Å². The fourth-order valence-corrected chi connectivity index (χ4v) is 2.62. The lowest BCUT2D eigenvalue weighted by Crippen LogP contribution is -2.25. The molecule has 6 heteroatoms. The summed E-state index contributed by atoms with van der Waals surface area (Å²) >= 11 is 0. The molecule has 2 amide bonds. The molecular weight excluding hydrogens is 368 g/mol. The molecule has 0 radical (unpaired) electrons. The lowest BCUT2D eigenvalue weighted by molar-refractivity contribution is -0.118. The van der Waals surface area contributed by atoms with Gasteiger partial charge in [-0.2, -0.15) is 0 Å². The largest absolute Gasteiger partial charge is 0.484 e. The van der Waals surface area contributed by atoms with E-state index in [2.05, 4.69) is 31.4 Å². The summed E-state index contributed by atoms with van der Waals surface area (Å²) in [5, 5.41) is 5.58. The van der Waals surface area contributed by atoms with Gasteiger partial charge in [-0.3, -0.25) is 9.59 Å². The zero-order valence-electron chi connectivity index (χ0n) is 17.6. The number of ether oxygens (including phenoxy) is 2. The van der Waals surface area contributed by atoms with E-state index in [0.29, 0.717) is 30.2 Å². The van der Waals surface area contributed by atoms with Gasteiger partial charge in [-0.05, 0) is 53.8 Å². The summed E-state index contributed by atoms with van der Waals surface area (Å²) in [5.41, 5.74) is 2.42. The van der Waals surface area contributed by atoms with Crippen molar-refractivity contribution in [3.8, 4) is 5.75 Å². The highest BCUT2D eigenvalue weighted by atomic mass is 16.5. The SMILES string of the molecule is COCCCNC(=O)c1ccc(NC(=O)COc2ccc(C(C)(C)C)cc2)cc1. The van der Waals surface area contributed by atoms with E-state index < -0.39 is 0 Å². The Bertz CT molecular complexity index is 793. The molecule has 0 aliphatic heterocycles. The first-order chi connectivity index (χ1) is 13.8. The maximum atomic E-state index is 12.1. The van der Waals surface area contributed by atoms with Gasteiger partial charge in [-0.15, -0.1) is 0 Å². The van der Waals surface area contributed by atoms with E-state index in [1.54, 1.807) is 31.4 Å². The number of nitrogens with one attached hydrogen (secondary N) is 2. The van der Waals surface area contributed by atoms with Gasteiger partial charge in [-0.1, -0.05) is 32.9 Å². The molecule has 6 nitrogen and oxygen atoms in total. The molecule has 2 aromatic rings. The molecular formula is C23H30N2O4. The Balaban J connectivity index is 1.79. The number of carbonyl (C=O) groups excluding carboxylic acids is 2. The number of hydrogen-bond acceptors (Lipinski definition) is 4. The minimum absolute atomic E-state index is 0.0723. The maximum absolute atomic E-state index is 12.1. The Hall–Kier alpha value is -2.86. The highest BCUT2D eigenvalue weighted by molar-refractivity contribution is 5.96. The normalized spacial score (nSPS) is 11.0. The Kier molecular flexibility index (Phi) is 8.21. The standard InChI is InChI=1S/C23H30N2O4/c1-23(2,3)18-8-12-20(13-9-18)29-16-21(26)25-19-10-6-17(7-11-19)22(27)24-14-5-15-28-4/h6-13H,5,14-16H2,1-4H3,(H,24,27)(H,25,26). The molecule has 156 valence electrons. The molecule has 2 N–H and O–H groups in total. The van der Waals surface area contributed by atoms with Crippen LogP contribution in [-0.2, 0) is 14.9 Å². The van der Waals surface area contributed by atoms with E-state index in [4.69, 9.17) is 9.47 Å². The van der Waals surface area contributed by atoms with Crippen molar-refractivity contribution in [3.63, 3.8) is 0 Å². The van der Waals surface area contributed by atoms with Crippen molar-refractivity contribution in [2.75, 3.05) is 32.2 Å². The lowest BCUT2D eigenvalue weighted by Gasteiger charge is -2.19. The molecule has 0 heterocycles. The van der Waals surface area contributed by atoms with Crippen LogP contribution in [0.4, 0.5) is 5.69 Å². The molecule has 0 atom stereocenters.